The molecular formula is C15H15NO4S. The molecule has 0 bridgehead atoms. The predicted molar refractivity (Wildman–Crippen MR) is 78.8 cm³/mol. The van der Waals surface area contributed by atoms with E-state index in [9.17, 15) is 9.90 Å². The van der Waals surface area contributed by atoms with E-state index >= 15 is 0 Å². The Morgan fingerprint density at radius 1 is 1.33 bits per heavy atom. The fraction of sp³-hybridized carbons (Fsp3) is 0.267. The maximum atomic E-state index is 12.0. The molecule has 1 aromatic heterocycles. The lowest BCUT2D eigenvalue weighted by Gasteiger charge is -2.10. The van der Waals surface area contributed by atoms with E-state index in [1.54, 1.807) is 18.2 Å². The fourth-order valence-corrected chi connectivity index (χ4v) is 2.83. The third kappa shape index (κ3) is 3.17. The van der Waals surface area contributed by atoms with Gasteiger partial charge in [0.2, 0.25) is 6.79 Å². The zero-order chi connectivity index (χ0) is 14.7. The maximum absolute atomic E-state index is 12.0. The van der Waals surface area contributed by atoms with Gasteiger partial charge in [0, 0.05) is 17.0 Å². The van der Waals surface area contributed by atoms with Crippen LogP contribution in [0.4, 0.5) is 0 Å². The number of amides is 1. The van der Waals surface area contributed by atoms with Gasteiger partial charge in [-0.25, -0.2) is 0 Å². The average Bonchev–Trinajstić information content (AvgIpc) is 3.17. The van der Waals surface area contributed by atoms with E-state index in [2.05, 4.69) is 5.32 Å². The van der Waals surface area contributed by atoms with Crippen molar-refractivity contribution >= 4 is 17.2 Å². The van der Waals surface area contributed by atoms with Gasteiger partial charge in [0.25, 0.3) is 5.91 Å². The molecule has 0 saturated carbocycles. The Morgan fingerprint density at radius 2 is 2.19 bits per heavy atom. The molecule has 0 fully saturated rings. The fourth-order valence-electron chi connectivity index (χ4n) is 2.09. The van der Waals surface area contributed by atoms with Crippen LogP contribution in [0.15, 0.2) is 35.7 Å². The molecule has 1 atom stereocenters. The van der Waals surface area contributed by atoms with Gasteiger partial charge < -0.3 is 19.9 Å². The Kier molecular flexibility index (Phi) is 4.08. The first-order chi connectivity index (χ1) is 10.2. The molecule has 3 rings (SSSR count). The van der Waals surface area contributed by atoms with Crippen LogP contribution >= 0.6 is 11.3 Å². The van der Waals surface area contributed by atoms with E-state index in [0.29, 0.717) is 30.0 Å². The van der Waals surface area contributed by atoms with Crippen LogP contribution in [0.25, 0.3) is 0 Å². The van der Waals surface area contributed by atoms with Gasteiger partial charge in [0.1, 0.15) is 0 Å². The first-order valence-corrected chi connectivity index (χ1v) is 7.51. The average molecular weight is 305 g/mol. The number of aliphatic hydroxyl groups excluding tert-OH is 1. The summed E-state index contributed by atoms with van der Waals surface area (Å²) in [6.45, 7) is 0.597. The summed E-state index contributed by atoms with van der Waals surface area (Å²) in [6.07, 6.45) is -0.0568. The smallest absolute Gasteiger partial charge is 0.251 e. The molecule has 1 aliphatic rings. The zero-order valence-corrected chi connectivity index (χ0v) is 12.1. The van der Waals surface area contributed by atoms with Crippen molar-refractivity contribution in [3.63, 3.8) is 0 Å². The second kappa shape index (κ2) is 6.15. The number of ether oxygens (including phenoxy) is 2. The Hall–Kier alpha value is -2.05. The molecule has 110 valence electrons. The lowest BCUT2D eigenvalue weighted by atomic mass is 10.1. The van der Waals surface area contributed by atoms with E-state index in [4.69, 9.17) is 9.47 Å². The van der Waals surface area contributed by atoms with Crippen LogP contribution in [0.3, 0.4) is 0 Å². The molecule has 6 heteroatoms. The Morgan fingerprint density at radius 3 is 3.00 bits per heavy atom. The van der Waals surface area contributed by atoms with Gasteiger partial charge in [-0.15, -0.1) is 11.3 Å². The third-order valence-corrected chi connectivity index (χ3v) is 4.18. The summed E-state index contributed by atoms with van der Waals surface area (Å²) in [5.74, 6) is 1.05. The molecule has 0 saturated heterocycles. The van der Waals surface area contributed by atoms with Crippen LogP contribution in [0.2, 0.25) is 0 Å². The molecule has 2 N–H and O–H groups in total. The van der Waals surface area contributed by atoms with Crippen molar-refractivity contribution in [2.24, 2.45) is 0 Å². The van der Waals surface area contributed by atoms with Crippen molar-refractivity contribution in [1.29, 1.82) is 0 Å². The van der Waals surface area contributed by atoms with Gasteiger partial charge >= 0.3 is 0 Å². The SMILES string of the molecule is O=C(NCC[C@H](O)c1cccs1)c1ccc2c(c1)OCO2. The van der Waals surface area contributed by atoms with Crippen molar-refractivity contribution in [2.45, 2.75) is 12.5 Å². The van der Waals surface area contributed by atoms with Crippen LogP contribution in [0.1, 0.15) is 27.8 Å². The summed E-state index contributed by atoms with van der Waals surface area (Å²) in [4.78, 5) is 12.9. The molecule has 2 aromatic rings. The van der Waals surface area contributed by atoms with Gasteiger partial charge in [-0.3, -0.25) is 4.79 Å². The Labute approximate surface area is 126 Å². The summed E-state index contributed by atoms with van der Waals surface area (Å²) in [6, 6.07) is 8.85. The second-order valence-electron chi connectivity index (χ2n) is 4.64. The number of fused-ring (bicyclic) bond motifs is 1. The van der Waals surface area contributed by atoms with Crippen molar-refractivity contribution in [2.75, 3.05) is 13.3 Å². The Balaban J connectivity index is 1.52. The van der Waals surface area contributed by atoms with E-state index < -0.39 is 6.10 Å². The van der Waals surface area contributed by atoms with Crippen molar-refractivity contribution < 1.29 is 19.4 Å². The number of benzene rings is 1. The number of nitrogens with one attached hydrogen (secondary N) is 1. The molecule has 0 unspecified atom stereocenters. The summed E-state index contributed by atoms with van der Waals surface area (Å²) in [5, 5.41) is 14.7. The number of aliphatic hydroxyl groups is 1. The van der Waals surface area contributed by atoms with Crippen LogP contribution in [0.5, 0.6) is 11.5 Å². The molecule has 1 aromatic carbocycles. The highest BCUT2D eigenvalue weighted by Gasteiger charge is 2.16. The number of hydrogen-bond acceptors (Lipinski definition) is 5. The first-order valence-electron chi connectivity index (χ1n) is 6.63. The van der Waals surface area contributed by atoms with E-state index in [-0.39, 0.29) is 12.7 Å². The maximum Gasteiger partial charge on any atom is 0.251 e. The molecule has 0 aliphatic carbocycles. The van der Waals surface area contributed by atoms with Crippen LogP contribution in [-0.4, -0.2) is 24.4 Å². The topological polar surface area (TPSA) is 67.8 Å². The minimum absolute atomic E-state index is 0.188. The Bertz CT molecular complexity index is 627. The van der Waals surface area contributed by atoms with Crippen LogP contribution in [0, 0.1) is 0 Å². The highest BCUT2D eigenvalue weighted by Crippen LogP contribution is 2.32. The van der Waals surface area contributed by atoms with Crippen molar-refractivity contribution in [3.8, 4) is 11.5 Å². The highest BCUT2D eigenvalue weighted by atomic mass is 32.1. The zero-order valence-electron chi connectivity index (χ0n) is 11.2. The molecule has 0 radical (unpaired) electrons. The van der Waals surface area contributed by atoms with Crippen LogP contribution in [-0.2, 0) is 0 Å². The van der Waals surface area contributed by atoms with E-state index in [1.807, 2.05) is 17.5 Å². The largest absolute Gasteiger partial charge is 0.454 e. The molecule has 0 spiro atoms. The standard InChI is InChI=1S/C15H15NO4S/c17-11(14-2-1-7-21-14)5-6-16-15(18)10-3-4-12-13(8-10)20-9-19-12/h1-4,7-8,11,17H,5-6,9H2,(H,16,18)/t11-/m0/s1. The number of hydrogen-bond donors (Lipinski definition) is 2. The van der Waals surface area contributed by atoms with Gasteiger partial charge in [0.15, 0.2) is 11.5 Å². The molecule has 1 amide bonds. The number of rotatable bonds is 5. The molecular weight excluding hydrogens is 290 g/mol. The quantitative estimate of drug-likeness (QED) is 0.889. The minimum atomic E-state index is -0.540. The van der Waals surface area contributed by atoms with Gasteiger partial charge in [-0.1, -0.05) is 6.07 Å². The van der Waals surface area contributed by atoms with Gasteiger partial charge in [0.05, 0.1) is 6.10 Å². The normalized spacial score (nSPS) is 14.0. The summed E-state index contributed by atoms with van der Waals surface area (Å²) in [7, 11) is 0. The molecule has 21 heavy (non-hydrogen) atoms. The second-order valence-corrected chi connectivity index (χ2v) is 5.62. The predicted octanol–water partition coefficient (Wildman–Crippen LogP) is 2.33. The first kappa shape index (κ1) is 13.9. The summed E-state index contributed by atoms with van der Waals surface area (Å²) < 4.78 is 10.4. The van der Waals surface area contributed by atoms with Gasteiger partial charge in [-0.05, 0) is 36.1 Å². The van der Waals surface area contributed by atoms with Crippen molar-refractivity contribution in [3.05, 3.63) is 46.2 Å². The molecule has 1 aliphatic heterocycles. The number of carbonyl (C=O) groups excluding carboxylic acids is 1. The summed E-state index contributed by atoms with van der Waals surface area (Å²) >= 11 is 1.51. The van der Waals surface area contributed by atoms with Crippen LogP contribution < -0.4 is 14.8 Å². The number of carbonyl (C=O) groups is 1. The lowest BCUT2D eigenvalue weighted by molar-refractivity contribution is 0.0943. The molecule has 5 nitrogen and oxygen atoms in total. The number of thiophene rings is 1. The van der Waals surface area contributed by atoms with E-state index in [1.165, 1.54) is 11.3 Å². The van der Waals surface area contributed by atoms with E-state index in [0.717, 1.165) is 4.88 Å². The minimum Gasteiger partial charge on any atom is -0.454 e. The summed E-state index contributed by atoms with van der Waals surface area (Å²) in [5.41, 5.74) is 0.518. The highest BCUT2D eigenvalue weighted by molar-refractivity contribution is 7.10. The van der Waals surface area contributed by atoms with Gasteiger partial charge in [-0.2, -0.15) is 0 Å². The van der Waals surface area contributed by atoms with Crippen molar-refractivity contribution in [1.82, 2.24) is 5.32 Å². The third-order valence-electron chi connectivity index (χ3n) is 3.21. The molecule has 2 heterocycles. The monoisotopic (exact) mass is 305 g/mol. The lowest BCUT2D eigenvalue weighted by Crippen LogP contribution is -2.25.